The van der Waals surface area contributed by atoms with Crippen molar-refractivity contribution in [3.05, 3.63) is 105 Å². The van der Waals surface area contributed by atoms with Gasteiger partial charge in [-0.2, -0.15) is 5.26 Å². The number of carbonyl (C=O) groups excluding carboxylic acids is 1. The summed E-state index contributed by atoms with van der Waals surface area (Å²) in [7, 11) is 0. The summed E-state index contributed by atoms with van der Waals surface area (Å²) in [6.07, 6.45) is 0. The van der Waals surface area contributed by atoms with Crippen LogP contribution in [0.15, 0.2) is 72.8 Å². The summed E-state index contributed by atoms with van der Waals surface area (Å²) in [4.78, 5) is 12.5. The molecule has 0 radical (unpaired) electrons. The molecule has 0 saturated carbocycles. The molecule has 0 aliphatic heterocycles. The molecular weight excluding hydrogens is 353 g/mol. The van der Waals surface area contributed by atoms with Crippen LogP contribution in [0.3, 0.4) is 0 Å². The van der Waals surface area contributed by atoms with Gasteiger partial charge in [0.25, 0.3) is 0 Å². The fourth-order valence-corrected chi connectivity index (χ4v) is 3.16. The summed E-state index contributed by atoms with van der Waals surface area (Å²) >= 11 is 12.1. The number of carbonyl (C=O) groups is 1. The lowest BCUT2D eigenvalue weighted by Crippen LogP contribution is -2.03. The van der Waals surface area contributed by atoms with Gasteiger partial charge in [-0.05, 0) is 23.3 Å². The molecule has 2 nitrogen and oxygen atoms in total. The molecule has 0 N–H and O–H groups in total. The maximum Gasteiger partial charge on any atom is 0.193 e. The lowest BCUT2D eigenvalue weighted by Gasteiger charge is -2.12. The van der Waals surface area contributed by atoms with Crippen molar-refractivity contribution in [3.63, 3.8) is 0 Å². The van der Waals surface area contributed by atoms with Crippen molar-refractivity contribution >= 4 is 29.0 Å². The fourth-order valence-electron chi connectivity index (χ4n) is 2.64. The molecule has 0 aliphatic carbocycles. The van der Waals surface area contributed by atoms with Crippen LogP contribution in [0.5, 0.6) is 0 Å². The zero-order chi connectivity index (χ0) is 17.8. The van der Waals surface area contributed by atoms with E-state index in [1.807, 2.05) is 18.2 Å². The molecule has 4 heteroatoms. The maximum absolute atomic E-state index is 12.5. The highest BCUT2D eigenvalue weighted by Gasteiger charge is 2.17. The second-order valence-corrected chi connectivity index (χ2v) is 6.39. The van der Waals surface area contributed by atoms with Crippen molar-refractivity contribution in [2.45, 2.75) is 5.92 Å². The predicted molar refractivity (Wildman–Crippen MR) is 100 cm³/mol. The molecule has 25 heavy (non-hydrogen) atoms. The number of hydrogen-bond donors (Lipinski definition) is 0. The second kappa shape index (κ2) is 7.53. The van der Waals surface area contributed by atoms with Crippen LogP contribution in [-0.2, 0) is 0 Å². The quantitative estimate of drug-likeness (QED) is 0.541. The van der Waals surface area contributed by atoms with Crippen LogP contribution in [-0.4, -0.2) is 5.78 Å². The summed E-state index contributed by atoms with van der Waals surface area (Å²) in [5.41, 5.74) is 2.67. The van der Waals surface area contributed by atoms with Gasteiger partial charge in [0.05, 0.1) is 12.0 Å². The molecule has 0 heterocycles. The summed E-state index contributed by atoms with van der Waals surface area (Å²) in [5, 5.41) is 10.5. The highest BCUT2D eigenvalue weighted by Crippen LogP contribution is 2.32. The van der Waals surface area contributed by atoms with E-state index in [1.54, 1.807) is 54.6 Å². The Kier molecular flexibility index (Phi) is 5.19. The molecule has 0 saturated heterocycles. The molecule has 122 valence electrons. The van der Waals surface area contributed by atoms with E-state index in [9.17, 15) is 10.1 Å². The van der Waals surface area contributed by atoms with Crippen LogP contribution in [0, 0.1) is 11.3 Å². The molecular formula is C21H13Cl2NO. The van der Waals surface area contributed by atoms with Gasteiger partial charge in [-0.25, -0.2) is 0 Å². The summed E-state index contributed by atoms with van der Waals surface area (Å²) in [6, 6.07) is 23.5. The van der Waals surface area contributed by atoms with Crippen molar-refractivity contribution in [2.24, 2.45) is 0 Å². The van der Waals surface area contributed by atoms with Crippen LogP contribution in [0.1, 0.15) is 33.0 Å². The Labute approximate surface area is 156 Å². The first-order chi connectivity index (χ1) is 12.1. The molecule has 3 rings (SSSR count). The topological polar surface area (TPSA) is 40.9 Å². The minimum Gasteiger partial charge on any atom is -0.289 e. The van der Waals surface area contributed by atoms with Crippen LogP contribution in [0.25, 0.3) is 0 Å². The molecule has 3 aromatic rings. The lowest BCUT2D eigenvalue weighted by atomic mass is 9.91. The van der Waals surface area contributed by atoms with Crippen LogP contribution < -0.4 is 0 Å². The van der Waals surface area contributed by atoms with Crippen LogP contribution >= 0.6 is 23.2 Å². The number of rotatable bonds is 4. The first-order valence-corrected chi connectivity index (χ1v) is 8.40. The van der Waals surface area contributed by atoms with Crippen molar-refractivity contribution < 1.29 is 4.79 Å². The average molecular weight is 366 g/mol. The minimum absolute atomic E-state index is 0.0508. The minimum atomic E-state index is -0.523. The van der Waals surface area contributed by atoms with Gasteiger partial charge in [-0.15, -0.1) is 0 Å². The highest BCUT2D eigenvalue weighted by molar-refractivity contribution is 6.35. The van der Waals surface area contributed by atoms with Gasteiger partial charge < -0.3 is 0 Å². The number of halogens is 2. The predicted octanol–water partition coefficient (Wildman–Crippen LogP) is 5.88. The Bertz CT molecular complexity index is 944. The third kappa shape index (κ3) is 3.74. The number of nitrogens with zero attached hydrogens (tertiary/aromatic N) is 1. The van der Waals surface area contributed by atoms with E-state index in [0.29, 0.717) is 26.7 Å². The molecule has 0 aliphatic rings. The van der Waals surface area contributed by atoms with E-state index in [0.717, 1.165) is 5.56 Å². The van der Waals surface area contributed by atoms with E-state index < -0.39 is 5.92 Å². The van der Waals surface area contributed by atoms with E-state index in [2.05, 4.69) is 6.07 Å². The number of ketones is 1. The second-order valence-electron chi connectivity index (χ2n) is 5.55. The summed E-state index contributed by atoms with van der Waals surface area (Å²) in [5.74, 6) is -0.573. The lowest BCUT2D eigenvalue weighted by molar-refractivity contribution is 0.103. The Balaban J connectivity index is 1.91. The molecule has 3 aromatic carbocycles. The maximum atomic E-state index is 12.5. The van der Waals surface area contributed by atoms with E-state index in [1.165, 1.54) is 0 Å². The summed E-state index contributed by atoms with van der Waals surface area (Å²) in [6.45, 7) is 0. The Morgan fingerprint density at radius 3 is 2.12 bits per heavy atom. The van der Waals surface area contributed by atoms with Gasteiger partial charge in [0.2, 0.25) is 0 Å². The smallest absolute Gasteiger partial charge is 0.193 e. The van der Waals surface area contributed by atoms with E-state index >= 15 is 0 Å². The van der Waals surface area contributed by atoms with Gasteiger partial charge in [0, 0.05) is 21.2 Å². The van der Waals surface area contributed by atoms with Gasteiger partial charge in [0.15, 0.2) is 5.78 Å². The zero-order valence-electron chi connectivity index (χ0n) is 13.1. The Morgan fingerprint density at radius 1 is 0.880 bits per heavy atom. The third-order valence-electron chi connectivity index (χ3n) is 3.94. The van der Waals surface area contributed by atoms with Crippen molar-refractivity contribution in [1.29, 1.82) is 5.26 Å². The zero-order valence-corrected chi connectivity index (χ0v) is 14.6. The molecule has 0 aromatic heterocycles. The van der Waals surface area contributed by atoms with Gasteiger partial charge >= 0.3 is 0 Å². The van der Waals surface area contributed by atoms with Gasteiger partial charge in [0.1, 0.15) is 0 Å². The molecule has 1 unspecified atom stereocenters. The first kappa shape index (κ1) is 17.2. The molecule has 0 fully saturated rings. The molecule has 0 amide bonds. The SMILES string of the molecule is N#CC(c1ccc(C(=O)c2ccccc2)cc1)c1ccc(Cl)cc1Cl. The number of hydrogen-bond acceptors (Lipinski definition) is 2. The molecule has 1 atom stereocenters. The standard InChI is InChI=1S/C21H13Cl2NO/c22-17-10-11-18(20(23)12-17)19(13-24)14-6-8-16(9-7-14)21(25)15-4-2-1-3-5-15/h1-12,19H. The normalized spacial score (nSPS) is 11.6. The average Bonchev–Trinajstić information content (AvgIpc) is 2.65. The highest BCUT2D eigenvalue weighted by atomic mass is 35.5. The largest absolute Gasteiger partial charge is 0.289 e. The van der Waals surface area contributed by atoms with Crippen LogP contribution in [0.2, 0.25) is 10.0 Å². The monoisotopic (exact) mass is 365 g/mol. The van der Waals surface area contributed by atoms with E-state index in [-0.39, 0.29) is 5.78 Å². The van der Waals surface area contributed by atoms with Gasteiger partial charge in [-0.1, -0.05) is 83.9 Å². The Morgan fingerprint density at radius 2 is 1.52 bits per heavy atom. The fraction of sp³-hybridized carbons (Fsp3) is 0.0476. The summed E-state index contributed by atoms with van der Waals surface area (Å²) < 4.78 is 0. The van der Waals surface area contributed by atoms with E-state index in [4.69, 9.17) is 23.2 Å². The number of nitriles is 1. The van der Waals surface area contributed by atoms with Crippen molar-refractivity contribution in [1.82, 2.24) is 0 Å². The molecule has 0 bridgehead atoms. The first-order valence-electron chi connectivity index (χ1n) is 7.64. The van der Waals surface area contributed by atoms with Crippen LogP contribution in [0.4, 0.5) is 0 Å². The third-order valence-corrected chi connectivity index (χ3v) is 4.51. The van der Waals surface area contributed by atoms with Crippen molar-refractivity contribution in [3.8, 4) is 6.07 Å². The van der Waals surface area contributed by atoms with Gasteiger partial charge in [-0.3, -0.25) is 4.79 Å². The molecule has 0 spiro atoms. The number of benzene rings is 3. The Hall–Kier alpha value is -2.60. The van der Waals surface area contributed by atoms with Crippen molar-refractivity contribution in [2.75, 3.05) is 0 Å².